The van der Waals surface area contributed by atoms with Gasteiger partial charge in [-0.15, -0.1) is 0 Å². The molecule has 4 nitrogen and oxygen atoms in total. The lowest BCUT2D eigenvalue weighted by molar-refractivity contribution is 0.396. The number of hydrogen-bond donors (Lipinski definition) is 1. The maximum absolute atomic E-state index is 5.47. The van der Waals surface area contributed by atoms with E-state index >= 15 is 0 Å². The molecule has 0 heterocycles. The molecular weight excluding hydrogens is 290 g/mol. The Kier molecular flexibility index (Phi) is 6.29. The van der Waals surface area contributed by atoms with Crippen molar-refractivity contribution in [1.82, 2.24) is 5.32 Å². The molecule has 0 unspecified atom stereocenters. The van der Waals surface area contributed by atoms with Gasteiger partial charge >= 0.3 is 0 Å². The molecule has 0 aliphatic carbocycles. The Morgan fingerprint density at radius 3 is 2.17 bits per heavy atom. The quantitative estimate of drug-likeness (QED) is 0.758. The highest BCUT2D eigenvalue weighted by atomic mass is 16.5. The highest BCUT2D eigenvalue weighted by molar-refractivity contribution is 5.46. The summed E-state index contributed by atoms with van der Waals surface area (Å²) in [6.45, 7) is 3.72. The van der Waals surface area contributed by atoms with E-state index in [9.17, 15) is 0 Å². The highest BCUT2D eigenvalue weighted by Gasteiger charge is 2.08. The molecule has 0 spiro atoms. The Balaban J connectivity index is 1.90. The zero-order chi connectivity index (χ0) is 16.7. The SMILES string of the molecule is COc1ccc(CNCCc2cc(OC)c(C)cc2OC)cc1. The molecule has 2 rings (SSSR count). The van der Waals surface area contributed by atoms with Crippen LogP contribution in [-0.4, -0.2) is 27.9 Å². The average Bonchev–Trinajstić information content (AvgIpc) is 2.59. The van der Waals surface area contributed by atoms with E-state index in [4.69, 9.17) is 14.2 Å². The predicted octanol–water partition coefficient (Wildman–Crippen LogP) is 3.35. The lowest BCUT2D eigenvalue weighted by Crippen LogP contribution is -2.17. The molecule has 0 aromatic heterocycles. The molecule has 2 aromatic rings. The van der Waals surface area contributed by atoms with E-state index in [1.165, 1.54) is 5.56 Å². The van der Waals surface area contributed by atoms with Gasteiger partial charge in [-0.25, -0.2) is 0 Å². The van der Waals surface area contributed by atoms with Crippen LogP contribution in [0.5, 0.6) is 17.2 Å². The first kappa shape index (κ1) is 17.2. The smallest absolute Gasteiger partial charge is 0.122 e. The Morgan fingerprint density at radius 2 is 1.57 bits per heavy atom. The fourth-order valence-electron chi connectivity index (χ4n) is 2.51. The minimum absolute atomic E-state index is 0.829. The average molecular weight is 315 g/mol. The van der Waals surface area contributed by atoms with Gasteiger partial charge in [-0.3, -0.25) is 0 Å². The predicted molar refractivity (Wildman–Crippen MR) is 92.7 cm³/mol. The fourth-order valence-corrected chi connectivity index (χ4v) is 2.51. The van der Waals surface area contributed by atoms with Crippen LogP contribution in [0.15, 0.2) is 36.4 Å². The third kappa shape index (κ3) is 4.63. The molecule has 1 N–H and O–H groups in total. The molecular formula is C19H25NO3. The molecule has 23 heavy (non-hydrogen) atoms. The number of hydrogen-bond acceptors (Lipinski definition) is 4. The Labute approximate surface area is 138 Å². The maximum atomic E-state index is 5.47. The van der Waals surface area contributed by atoms with Gasteiger partial charge in [-0.05, 0) is 60.8 Å². The van der Waals surface area contributed by atoms with Gasteiger partial charge in [-0.1, -0.05) is 12.1 Å². The van der Waals surface area contributed by atoms with Crippen molar-refractivity contribution in [3.05, 3.63) is 53.1 Å². The number of methoxy groups -OCH3 is 3. The molecule has 2 aromatic carbocycles. The van der Waals surface area contributed by atoms with Gasteiger partial charge < -0.3 is 19.5 Å². The Bertz CT molecular complexity index is 623. The van der Waals surface area contributed by atoms with Crippen molar-refractivity contribution >= 4 is 0 Å². The van der Waals surface area contributed by atoms with Crippen molar-refractivity contribution in [2.24, 2.45) is 0 Å². The van der Waals surface area contributed by atoms with Gasteiger partial charge in [0.15, 0.2) is 0 Å². The summed E-state index contributed by atoms with van der Waals surface area (Å²) >= 11 is 0. The van der Waals surface area contributed by atoms with Crippen LogP contribution in [-0.2, 0) is 13.0 Å². The van der Waals surface area contributed by atoms with E-state index in [0.29, 0.717) is 0 Å². The zero-order valence-electron chi connectivity index (χ0n) is 14.3. The first-order valence-corrected chi connectivity index (χ1v) is 7.73. The largest absolute Gasteiger partial charge is 0.497 e. The van der Waals surface area contributed by atoms with Crippen LogP contribution in [0.1, 0.15) is 16.7 Å². The molecule has 0 radical (unpaired) electrons. The van der Waals surface area contributed by atoms with Gasteiger partial charge in [0.1, 0.15) is 17.2 Å². The molecule has 0 saturated carbocycles. The topological polar surface area (TPSA) is 39.7 Å². The Hall–Kier alpha value is -2.20. The van der Waals surface area contributed by atoms with Crippen LogP contribution in [0.25, 0.3) is 0 Å². The summed E-state index contributed by atoms with van der Waals surface area (Å²) in [6.07, 6.45) is 0.885. The van der Waals surface area contributed by atoms with Gasteiger partial charge in [0.05, 0.1) is 21.3 Å². The summed E-state index contributed by atoms with van der Waals surface area (Å²) in [7, 11) is 5.08. The second kappa shape index (κ2) is 8.44. The van der Waals surface area contributed by atoms with Crippen molar-refractivity contribution in [2.75, 3.05) is 27.9 Å². The van der Waals surface area contributed by atoms with E-state index < -0.39 is 0 Å². The number of nitrogens with one attached hydrogen (secondary N) is 1. The van der Waals surface area contributed by atoms with Gasteiger partial charge in [0.2, 0.25) is 0 Å². The lowest BCUT2D eigenvalue weighted by Gasteiger charge is -2.13. The summed E-state index contributed by atoms with van der Waals surface area (Å²) in [5, 5.41) is 3.45. The van der Waals surface area contributed by atoms with Crippen LogP contribution in [0, 0.1) is 6.92 Å². The number of benzene rings is 2. The molecule has 0 saturated heterocycles. The first-order valence-electron chi connectivity index (χ1n) is 7.73. The number of ether oxygens (including phenoxy) is 3. The number of rotatable bonds is 8. The van der Waals surface area contributed by atoms with E-state index in [0.717, 1.165) is 47.9 Å². The van der Waals surface area contributed by atoms with Crippen molar-refractivity contribution in [3.8, 4) is 17.2 Å². The van der Waals surface area contributed by atoms with Crippen LogP contribution >= 0.6 is 0 Å². The standard InChI is InChI=1S/C19H25NO3/c1-14-11-19(23-4)16(12-18(14)22-3)9-10-20-13-15-5-7-17(21-2)8-6-15/h5-8,11-12,20H,9-10,13H2,1-4H3. The van der Waals surface area contributed by atoms with Gasteiger partial charge in [-0.2, -0.15) is 0 Å². The molecule has 0 fully saturated rings. The zero-order valence-corrected chi connectivity index (χ0v) is 14.3. The van der Waals surface area contributed by atoms with Crippen LogP contribution < -0.4 is 19.5 Å². The summed E-state index contributed by atoms with van der Waals surface area (Å²) in [5.74, 6) is 2.69. The fraction of sp³-hybridized carbons (Fsp3) is 0.368. The number of aryl methyl sites for hydroxylation is 1. The summed E-state index contributed by atoms with van der Waals surface area (Å²) < 4.78 is 16.0. The van der Waals surface area contributed by atoms with Gasteiger partial charge in [0, 0.05) is 6.54 Å². The summed E-state index contributed by atoms with van der Waals surface area (Å²) in [6, 6.07) is 12.2. The third-order valence-electron chi connectivity index (χ3n) is 3.86. The minimum Gasteiger partial charge on any atom is -0.497 e. The summed E-state index contributed by atoms with van der Waals surface area (Å²) in [4.78, 5) is 0. The second-order valence-corrected chi connectivity index (χ2v) is 5.41. The van der Waals surface area contributed by atoms with Crippen molar-refractivity contribution in [1.29, 1.82) is 0 Å². The van der Waals surface area contributed by atoms with Crippen molar-refractivity contribution in [2.45, 2.75) is 19.9 Å². The molecule has 0 bridgehead atoms. The van der Waals surface area contributed by atoms with E-state index in [-0.39, 0.29) is 0 Å². The second-order valence-electron chi connectivity index (χ2n) is 5.41. The van der Waals surface area contributed by atoms with E-state index in [1.807, 2.05) is 25.1 Å². The normalized spacial score (nSPS) is 10.4. The molecule has 0 aliphatic heterocycles. The molecule has 124 valence electrons. The third-order valence-corrected chi connectivity index (χ3v) is 3.86. The molecule has 0 aliphatic rings. The summed E-state index contributed by atoms with van der Waals surface area (Å²) in [5.41, 5.74) is 3.47. The minimum atomic E-state index is 0.829. The van der Waals surface area contributed by atoms with E-state index in [2.05, 4.69) is 23.5 Å². The molecule has 0 atom stereocenters. The van der Waals surface area contributed by atoms with E-state index in [1.54, 1.807) is 21.3 Å². The highest BCUT2D eigenvalue weighted by Crippen LogP contribution is 2.28. The first-order chi connectivity index (χ1) is 11.2. The Morgan fingerprint density at radius 1 is 0.870 bits per heavy atom. The molecule has 4 heteroatoms. The van der Waals surface area contributed by atoms with Crippen molar-refractivity contribution in [3.63, 3.8) is 0 Å². The van der Waals surface area contributed by atoms with Crippen LogP contribution in [0.3, 0.4) is 0 Å². The monoisotopic (exact) mass is 315 g/mol. The van der Waals surface area contributed by atoms with Crippen LogP contribution in [0.4, 0.5) is 0 Å². The molecule has 0 amide bonds. The maximum Gasteiger partial charge on any atom is 0.122 e. The lowest BCUT2D eigenvalue weighted by atomic mass is 10.1. The van der Waals surface area contributed by atoms with Crippen LogP contribution in [0.2, 0.25) is 0 Å². The van der Waals surface area contributed by atoms with Gasteiger partial charge in [0.25, 0.3) is 0 Å². The van der Waals surface area contributed by atoms with Crippen molar-refractivity contribution < 1.29 is 14.2 Å².